The van der Waals surface area contributed by atoms with Gasteiger partial charge in [-0.2, -0.15) is 0 Å². The zero-order valence-corrected chi connectivity index (χ0v) is 19.0. The Morgan fingerprint density at radius 1 is 0.767 bits per heavy atom. The highest BCUT2D eigenvalue weighted by molar-refractivity contribution is 6.30. The Morgan fingerprint density at radius 3 is 1.93 bits per heavy atom. The number of carbonyl (C=O) groups is 1. The van der Waals surface area contributed by atoms with Gasteiger partial charge in [-0.05, 0) is 48.2 Å². The van der Waals surface area contributed by atoms with Crippen molar-refractivity contribution in [1.82, 2.24) is 0 Å². The maximum absolute atomic E-state index is 13.3. The van der Waals surface area contributed by atoms with Gasteiger partial charge in [0.1, 0.15) is 5.78 Å². The molecule has 0 radical (unpaired) electrons. The summed E-state index contributed by atoms with van der Waals surface area (Å²) in [4.78, 5) is 18.2. The molecule has 3 rings (SSSR count). The topological polar surface area (TPSA) is 29.4 Å². The number of Topliss-reactive ketones (excluding diaryl/α,β-unsaturated/α-hetero) is 1. The summed E-state index contributed by atoms with van der Waals surface area (Å²) in [6.07, 6.45) is 13.0. The zero-order chi connectivity index (χ0) is 21.2. The van der Waals surface area contributed by atoms with Crippen LogP contribution in [0.4, 0.5) is 0 Å². The van der Waals surface area contributed by atoms with Gasteiger partial charge in [-0.15, -0.1) is 0 Å². The number of benzene rings is 2. The Labute approximate surface area is 190 Å². The smallest absolute Gasteiger partial charge is 0.138 e. The maximum atomic E-state index is 13.3. The molecule has 4 heteroatoms. The van der Waals surface area contributed by atoms with Gasteiger partial charge in [-0.3, -0.25) is 9.79 Å². The molecule has 0 saturated heterocycles. The normalized spacial score (nSPS) is 20.5. The van der Waals surface area contributed by atoms with Crippen molar-refractivity contribution >= 4 is 35.2 Å². The average molecular weight is 444 g/mol. The number of nitrogens with zero attached hydrogens (tertiary/aromatic N) is 1. The Bertz CT molecular complexity index is 814. The minimum atomic E-state index is -0.187. The van der Waals surface area contributed by atoms with E-state index in [0.29, 0.717) is 22.2 Å². The van der Waals surface area contributed by atoms with Crippen molar-refractivity contribution in [1.29, 1.82) is 0 Å². The van der Waals surface area contributed by atoms with Gasteiger partial charge < -0.3 is 0 Å². The molecule has 2 aromatic rings. The second-order valence-electron chi connectivity index (χ2n) is 8.27. The average Bonchev–Trinajstić information content (AvgIpc) is 2.74. The summed E-state index contributed by atoms with van der Waals surface area (Å²) in [7, 11) is 0. The fourth-order valence-corrected chi connectivity index (χ4v) is 4.45. The van der Waals surface area contributed by atoms with Crippen LogP contribution in [0.15, 0.2) is 53.5 Å². The molecule has 0 bridgehead atoms. The van der Waals surface area contributed by atoms with Crippen LogP contribution in [0.3, 0.4) is 0 Å². The van der Waals surface area contributed by atoms with Crippen LogP contribution in [-0.2, 0) is 4.79 Å². The first-order chi connectivity index (χ1) is 14.6. The Morgan fingerprint density at radius 2 is 1.30 bits per heavy atom. The predicted octanol–water partition coefficient (Wildman–Crippen LogP) is 8.25. The maximum Gasteiger partial charge on any atom is 0.138 e. The fourth-order valence-electron chi connectivity index (χ4n) is 4.20. The lowest BCUT2D eigenvalue weighted by atomic mass is 9.83. The minimum Gasteiger partial charge on any atom is -0.299 e. The highest BCUT2D eigenvalue weighted by Crippen LogP contribution is 2.33. The van der Waals surface area contributed by atoms with Gasteiger partial charge in [0, 0.05) is 28.6 Å². The number of ketones is 1. The van der Waals surface area contributed by atoms with Crippen molar-refractivity contribution in [2.75, 3.05) is 0 Å². The van der Waals surface area contributed by atoms with Crippen LogP contribution >= 0.6 is 23.2 Å². The summed E-state index contributed by atoms with van der Waals surface area (Å²) in [6.45, 7) is 0. The monoisotopic (exact) mass is 443 g/mol. The van der Waals surface area contributed by atoms with Gasteiger partial charge in [0.15, 0.2) is 0 Å². The Kier molecular flexibility index (Phi) is 9.42. The van der Waals surface area contributed by atoms with E-state index in [1.807, 2.05) is 54.7 Å². The van der Waals surface area contributed by atoms with Crippen molar-refractivity contribution in [2.45, 2.75) is 70.3 Å². The molecule has 2 nitrogen and oxygen atoms in total. The molecular formula is C26H31Cl2NO. The highest BCUT2D eigenvalue weighted by Gasteiger charge is 2.28. The van der Waals surface area contributed by atoms with Gasteiger partial charge in [-0.25, -0.2) is 0 Å². The third kappa shape index (κ3) is 7.25. The molecule has 2 atom stereocenters. The van der Waals surface area contributed by atoms with Crippen LogP contribution in [0, 0.1) is 5.92 Å². The van der Waals surface area contributed by atoms with Crippen LogP contribution in [0.1, 0.15) is 81.4 Å². The Hall–Kier alpha value is -1.64. The molecule has 0 aliphatic heterocycles. The summed E-state index contributed by atoms with van der Waals surface area (Å²) < 4.78 is 0. The van der Waals surface area contributed by atoms with Gasteiger partial charge in [-0.1, -0.05) is 92.4 Å². The second kappa shape index (κ2) is 12.3. The van der Waals surface area contributed by atoms with E-state index in [1.165, 1.54) is 32.1 Å². The molecule has 0 aromatic heterocycles. The van der Waals surface area contributed by atoms with E-state index < -0.39 is 0 Å². The van der Waals surface area contributed by atoms with E-state index in [2.05, 4.69) is 0 Å². The first-order valence-electron chi connectivity index (χ1n) is 11.2. The van der Waals surface area contributed by atoms with E-state index >= 15 is 0 Å². The summed E-state index contributed by atoms with van der Waals surface area (Å²) in [6, 6.07) is 15.2. The molecule has 30 heavy (non-hydrogen) atoms. The third-order valence-electron chi connectivity index (χ3n) is 5.95. The van der Waals surface area contributed by atoms with Crippen LogP contribution in [0.25, 0.3) is 0 Å². The van der Waals surface area contributed by atoms with Crippen LogP contribution in [-0.4, -0.2) is 12.0 Å². The fraction of sp³-hybridized carbons (Fsp3) is 0.462. The van der Waals surface area contributed by atoms with E-state index in [-0.39, 0.29) is 12.0 Å². The lowest BCUT2D eigenvalue weighted by Crippen LogP contribution is -2.22. The Balaban J connectivity index is 1.87. The number of rotatable bonds is 4. The predicted molar refractivity (Wildman–Crippen MR) is 128 cm³/mol. The molecule has 2 aromatic carbocycles. The van der Waals surface area contributed by atoms with Crippen molar-refractivity contribution in [2.24, 2.45) is 10.9 Å². The van der Waals surface area contributed by atoms with E-state index in [4.69, 9.17) is 28.2 Å². The standard InChI is InChI=1S/C26H31Cl2NO/c27-22-15-11-20(12-16-22)19-29-26(21-13-17-23(28)18-14-21)24-9-7-5-3-1-2-4-6-8-10-25(24)30/h11-19,24,26H,1-10H2. The molecule has 1 aliphatic carbocycles. The first kappa shape index (κ1) is 23.0. The van der Waals surface area contributed by atoms with Gasteiger partial charge >= 0.3 is 0 Å². The largest absolute Gasteiger partial charge is 0.299 e. The SMILES string of the molecule is O=C1CCCCCCCCCCC1C(N=Cc1ccc(Cl)cc1)c1ccc(Cl)cc1. The molecule has 0 heterocycles. The van der Waals surface area contributed by atoms with Crippen molar-refractivity contribution < 1.29 is 4.79 Å². The quantitative estimate of drug-likeness (QED) is 0.437. The molecule has 1 fully saturated rings. The summed E-state index contributed by atoms with van der Waals surface area (Å²) in [5.41, 5.74) is 2.04. The summed E-state index contributed by atoms with van der Waals surface area (Å²) >= 11 is 12.1. The van der Waals surface area contributed by atoms with Crippen molar-refractivity contribution in [3.8, 4) is 0 Å². The zero-order valence-electron chi connectivity index (χ0n) is 17.5. The van der Waals surface area contributed by atoms with E-state index in [0.717, 1.165) is 36.8 Å². The first-order valence-corrected chi connectivity index (χ1v) is 12.0. The van der Waals surface area contributed by atoms with E-state index in [1.54, 1.807) is 0 Å². The molecule has 1 saturated carbocycles. The lowest BCUT2D eigenvalue weighted by Gasteiger charge is -2.24. The minimum absolute atomic E-state index is 0.0887. The molecule has 160 valence electrons. The van der Waals surface area contributed by atoms with Gasteiger partial charge in [0.25, 0.3) is 0 Å². The van der Waals surface area contributed by atoms with Crippen molar-refractivity contribution in [3.63, 3.8) is 0 Å². The second-order valence-corrected chi connectivity index (χ2v) is 9.14. The molecule has 0 amide bonds. The molecule has 0 N–H and O–H groups in total. The van der Waals surface area contributed by atoms with Gasteiger partial charge in [0.2, 0.25) is 0 Å². The number of hydrogen-bond acceptors (Lipinski definition) is 2. The molecular weight excluding hydrogens is 413 g/mol. The van der Waals surface area contributed by atoms with Crippen LogP contribution in [0.5, 0.6) is 0 Å². The number of carbonyl (C=O) groups excluding carboxylic acids is 1. The van der Waals surface area contributed by atoms with Crippen LogP contribution < -0.4 is 0 Å². The summed E-state index contributed by atoms with van der Waals surface area (Å²) in [5, 5.41) is 1.40. The molecule has 2 unspecified atom stereocenters. The van der Waals surface area contributed by atoms with Gasteiger partial charge in [0.05, 0.1) is 6.04 Å². The number of hydrogen-bond donors (Lipinski definition) is 0. The van der Waals surface area contributed by atoms with E-state index in [9.17, 15) is 4.79 Å². The summed E-state index contributed by atoms with van der Waals surface area (Å²) in [5.74, 6) is 0.262. The third-order valence-corrected chi connectivity index (χ3v) is 6.45. The lowest BCUT2D eigenvalue weighted by molar-refractivity contribution is -0.124. The van der Waals surface area contributed by atoms with Crippen molar-refractivity contribution in [3.05, 3.63) is 69.7 Å². The number of aliphatic imine (C=N–C) groups is 1. The van der Waals surface area contributed by atoms with Crippen LogP contribution in [0.2, 0.25) is 10.0 Å². The molecule has 1 aliphatic rings. The molecule has 0 spiro atoms. The number of halogens is 2. The highest BCUT2D eigenvalue weighted by atomic mass is 35.5.